The standard InChI is InChI=1S/C18H17ClN2O4/c1-12(25-17-7-6-15(21(23)24)10-16(17)19)18(22)20-9-8-13-4-2-3-5-14(13)11-20/h2-7,10,12H,8-9,11H2,1H3/t12-/m1/s1. The van der Waals surface area contributed by atoms with Crippen LogP contribution in [0.15, 0.2) is 42.5 Å². The molecule has 0 saturated carbocycles. The van der Waals surface area contributed by atoms with Crippen LogP contribution in [0.5, 0.6) is 5.75 Å². The summed E-state index contributed by atoms with van der Waals surface area (Å²) in [4.78, 5) is 24.6. The molecule has 2 aromatic rings. The van der Waals surface area contributed by atoms with Gasteiger partial charge in [0.15, 0.2) is 6.10 Å². The minimum absolute atomic E-state index is 0.109. The van der Waals surface area contributed by atoms with Gasteiger partial charge in [0.25, 0.3) is 11.6 Å². The zero-order valence-corrected chi connectivity index (χ0v) is 14.4. The Hall–Kier alpha value is -2.60. The van der Waals surface area contributed by atoms with Gasteiger partial charge in [0.2, 0.25) is 0 Å². The fraction of sp³-hybridized carbons (Fsp3) is 0.278. The van der Waals surface area contributed by atoms with Gasteiger partial charge in [-0.1, -0.05) is 35.9 Å². The molecule has 0 unspecified atom stereocenters. The molecule has 1 aliphatic rings. The van der Waals surface area contributed by atoms with E-state index in [9.17, 15) is 14.9 Å². The van der Waals surface area contributed by atoms with Gasteiger partial charge in [-0.3, -0.25) is 14.9 Å². The molecule has 0 N–H and O–H groups in total. The molecule has 0 bridgehead atoms. The molecule has 0 fully saturated rings. The highest BCUT2D eigenvalue weighted by Crippen LogP contribution is 2.30. The first-order valence-electron chi connectivity index (χ1n) is 7.92. The van der Waals surface area contributed by atoms with Crippen LogP contribution in [0.4, 0.5) is 5.69 Å². The van der Waals surface area contributed by atoms with Crippen molar-refractivity contribution >= 4 is 23.2 Å². The number of carbonyl (C=O) groups excluding carboxylic acids is 1. The summed E-state index contributed by atoms with van der Waals surface area (Å²) in [6.45, 7) is 2.84. The number of rotatable bonds is 4. The summed E-state index contributed by atoms with van der Waals surface area (Å²) in [5.41, 5.74) is 2.28. The van der Waals surface area contributed by atoms with Gasteiger partial charge in [-0.15, -0.1) is 0 Å². The van der Waals surface area contributed by atoms with E-state index in [-0.39, 0.29) is 22.4 Å². The smallest absolute Gasteiger partial charge is 0.271 e. The Labute approximate surface area is 150 Å². The zero-order chi connectivity index (χ0) is 18.0. The highest BCUT2D eigenvalue weighted by Gasteiger charge is 2.26. The lowest BCUT2D eigenvalue weighted by molar-refractivity contribution is -0.384. The number of fused-ring (bicyclic) bond motifs is 1. The number of nitro groups is 1. The van der Waals surface area contributed by atoms with Gasteiger partial charge in [0, 0.05) is 25.2 Å². The summed E-state index contributed by atoms with van der Waals surface area (Å²) in [7, 11) is 0. The highest BCUT2D eigenvalue weighted by molar-refractivity contribution is 6.32. The van der Waals surface area contributed by atoms with Crippen molar-refractivity contribution in [3.63, 3.8) is 0 Å². The number of benzene rings is 2. The molecule has 1 aliphatic heterocycles. The Balaban J connectivity index is 1.68. The third-order valence-electron chi connectivity index (χ3n) is 4.22. The first-order chi connectivity index (χ1) is 12.0. The molecular weight excluding hydrogens is 344 g/mol. The lowest BCUT2D eigenvalue weighted by atomic mass is 9.99. The van der Waals surface area contributed by atoms with Gasteiger partial charge in [-0.05, 0) is 30.5 Å². The van der Waals surface area contributed by atoms with Crippen LogP contribution >= 0.6 is 11.6 Å². The number of non-ortho nitro benzene ring substituents is 1. The largest absolute Gasteiger partial charge is 0.479 e. The highest BCUT2D eigenvalue weighted by atomic mass is 35.5. The summed E-state index contributed by atoms with van der Waals surface area (Å²) < 4.78 is 5.64. The molecule has 7 heteroatoms. The third-order valence-corrected chi connectivity index (χ3v) is 4.52. The van der Waals surface area contributed by atoms with Crippen molar-refractivity contribution in [2.24, 2.45) is 0 Å². The van der Waals surface area contributed by atoms with E-state index < -0.39 is 11.0 Å². The van der Waals surface area contributed by atoms with Crippen molar-refractivity contribution in [2.75, 3.05) is 6.54 Å². The summed E-state index contributed by atoms with van der Waals surface area (Å²) >= 11 is 6.02. The van der Waals surface area contributed by atoms with Crippen LogP contribution in [0, 0.1) is 10.1 Å². The Morgan fingerprint density at radius 1 is 1.28 bits per heavy atom. The lowest BCUT2D eigenvalue weighted by Crippen LogP contribution is -2.43. The monoisotopic (exact) mass is 360 g/mol. The molecule has 130 valence electrons. The SMILES string of the molecule is C[C@@H](Oc1ccc([N+](=O)[O-])cc1Cl)C(=O)N1CCc2ccccc2C1. The van der Waals surface area contributed by atoms with Crippen LogP contribution < -0.4 is 4.74 Å². The van der Waals surface area contributed by atoms with Gasteiger partial charge in [-0.2, -0.15) is 0 Å². The second-order valence-corrected chi connectivity index (χ2v) is 6.32. The second-order valence-electron chi connectivity index (χ2n) is 5.91. The van der Waals surface area contributed by atoms with Crippen molar-refractivity contribution in [1.82, 2.24) is 4.90 Å². The van der Waals surface area contributed by atoms with Crippen molar-refractivity contribution in [1.29, 1.82) is 0 Å². The average molecular weight is 361 g/mol. The Morgan fingerprint density at radius 3 is 2.68 bits per heavy atom. The lowest BCUT2D eigenvalue weighted by Gasteiger charge is -2.31. The number of hydrogen-bond acceptors (Lipinski definition) is 4. The Kier molecular flexibility index (Phi) is 4.90. The third kappa shape index (κ3) is 3.74. The van der Waals surface area contributed by atoms with E-state index in [1.807, 2.05) is 18.2 Å². The molecule has 1 atom stereocenters. The minimum atomic E-state index is -0.732. The summed E-state index contributed by atoms with van der Waals surface area (Å²) in [5.74, 6) is 0.120. The van der Waals surface area contributed by atoms with E-state index in [0.29, 0.717) is 13.1 Å². The maximum Gasteiger partial charge on any atom is 0.271 e. The predicted octanol–water partition coefficient (Wildman–Crippen LogP) is 3.60. The normalized spacial score (nSPS) is 14.6. The van der Waals surface area contributed by atoms with Gasteiger partial charge in [0.1, 0.15) is 5.75 Å². The van der Waals surface area contributed by atoms with E-state index in [2.05, 4.69) is 6.07 Å². The Bertz CT molecular complexity index is 824. The molecule has 6 nitrogen and oxygen atoms in total. The van der Waals surface area contributed by atoms with E-state index >= 15 is 0 Å². The number of nitrogens with zero attached hydrogens (tertiary/aromatic N) is 2. The summed E-state index contributed by atoms with van der Waals surface area (Å²) in [5, 5.41) is 10.9. The second kappa shape index (κ2) is 7.11. The fourth-order valence-corrected chi connectivity index (χ4v) is 3.10. The van der Waals surface area contributed by atoms with E-state index in [1.54, 1.807) is 11.8 Å². The van der Waals surface area contributed by atoms with Crippen LogP contribution in [0.2, 0.25) is 5.02 Å². The van der Waals surface area contributed by atoms with Crippen LogP contribution in [0.3, 0.4) is 0 Å². The zero-order valence-electron chi connectivity index (χ0n) is 13.6. The molecule has 0 aliphatic carbocycles. The molecule has 1 amide bonds. The minimum Gasteiger partial charge on any atom is -0.479 e. The van der Waals surface area contributed by atoms with Gasteiger partial charge in [-0.25, -0.2) is 0 Å². The maximum atomic E-state index is 12.6. The fourth-order valence-electron chi connectivity index (χ4n) is 2.88. The van der Waals surface area contributed by atoms with Crippen LogP contribution in [-0.2, 0) is 17.8 Å². The van der Waals surface area contributed by atoms with E-state index in [0.717, 1.165) is 12.0 Å². The number of halogens is 1. The number of hydrogen-bond donors (Lipinski definition) is 0. The van der Waals surface area contributed by atoms with Gasteiger partial charge >= 0.3 is 0 Å². The first kappa shape index (κ1) is 17.2. The maximum absolute atomic E-state index is 12.6. The molecule has 0 spiro atoms. The first-order valence-corrected chi connectivity index (χ1v) is 8.29. The number of amides is 1. The van der Waals surface area contributed by atoms with Crippen LogP contribution in [-0.4, -0.2) is 28.4 Å². The van der Waals surface area contributed by atoms with Crippen molar-refractivity contribution < 1.29 is 14.5 Å². The molecular formula is C18H17ClN2O4. The topological polar surface area (TPSA) is 72.7 Å². The van der Waals surface area contributed by atoms with E-state index in [4.69, 9.17) is 16.3 Å². The number of ether oxygens (including phenoxy) is 1. The van der Waals surface area contributed by atoms with Crippen LogP contribution in [0.1, 0.15) is 18.1 Å². The van der Waals surface area contributed by atoms with Gasteiger partial charge in [0.05, 0.1) is 9.95 Å². The number of carbonyl (C=O) groups is 1. The molecule has 25 heavy (non-hydrogen) atoms. The summed E-state index contributed by atoms with van der Waals surface area (Å²) in [6, 6.07) is 12.0. The molecule has 3 rings (SSSR count). The molecule has 1 heterocycles. The van der Waals surface area contributed by atoms with Crippen LogP contribution in [0.25, 0.3) is 0 Å². The molecule has 0 aromatic heterocycles. The van der Waals surface area contributed by atoms with Crippen molar-refractivity contribution in [3.05, 3.63) is 68.7 Å². The van der Waals surface area contributed by atoms with Gasteiger partial charge < -0.3 is 9.64 Å². The Morgan fingerprint density at radius 2 is 2.00 bits per heavy atom. The average Bonchev–Trinajstić information content (AvgIpc) is 2.62. The van der Waals surface area contributed by atoms with Crippen molar-refractivity contribution in [2.45, 2.75) is 26.0 Å². The molecule has 0 radical (unpaired) electrons. The summed E-state index contributed by atoms with van der Waals surface area (Å²) in [6.07, 6.45) is 0.0802. The quantitative estimate of drug-likeness (QED) is 0.616. The molecule has 0 saturated heterocycles. The van der Waals surface area contributed by atoms with Crippen molar-refractivity contribution in [3.8, 4) is 5.75 Å². The predicted molar refractivity (Wildman–Crippen MR) is 93.8 cm³/mol. The van der Waals surface area contributed by atoms with E-state index in [1.165, 1.54) is 23.8 Å². The molecule has 2 aromatic carbocycles. The number of nitro benzene ring substituents is 1.